The van der Waals surface area contributed by atoms with E-state index in [9.17, 15) is 4.79 Å². The van der Waals surface area contributed by atoms with E-state index < -0.39 is 0 Å². The van der Waals surface area contributed by atoms with E-state index in [-0.39, 0.29) is 12.6 Å². The number of hydrogen-bond acceptors (Lipinski definition) is 3. The van der Waals surface area contributed by atoms with Crippen LogP contribution < -0.4 is 5.32 Å². The maximum atomic E-state index is 11.9. The van der Waals surface area contributed by atoms with Crippen LogP contribution in [-0.2, 0) is 6.42 Å². The predicted molar refractivity (Wildman–Crippen MR) is 73.2 cm³/mol. The minimum absolute atomic E-state index is 0.00498. The van der Waals surface area contributed by atoms with E-state index in [1.54, 1.807) is 17.2 Å². The summed E-state index contributed by atoms with van der Waals surface area (Å²) in [6.45, 7) is 0.959. The summed E-state index contributed by atoms with van der Waals surface area (Å²) in [6.07, 6.45) is 4.50. The fourth-order valence-corrected chi connectivity index (χ4v) is 2.03. The van der Waals surface area contributed by atoms with E-state index in [1.807, 2.05) is 6.07 Å². The molecule has 1 aliphatic rings. The fraction of sp³-hybridized carbons (Fsp3) is 0.538. The third-order valence-electron chi connectivity index (χ3n) is 3.07. The fourth-order valence-electron chi connectivity index (χ4n) is 1.91. The summed E-state index contributed by atoms with van der Waals surface area (Å²) in [6, 6.07) is 3.84. The summed E-state index contributed by atoms with van der Waals surface area (Å²) < 4.78 is 0. The Kier molecular flexibility index (Phi) is 4.99. The number of amides is 2. The zero-order valence-corrected chi connectivity index (χ0v) is 11.4. The van der Waals surface area contributed by atoms with Crippen molar-refractivity contribution < 1.29 is 9.90 Å². The quantitative estimate of drug-likeness (QED) is 0.777. The van der Waals surface area contributed by atoms with Crippen molar-refractivity contribution in [3.05, 3.63) is 29.0 Å². The van der Waals surface area contributed by atoms with E-state index in [2.05, 4.69) is 10.3 Å². The third kappa shape index (κ3) is 4.36. The molecule has 0 radical (unpaired) electrons. The van der Waals surface area contributed by atoms with Crippen molar-refractivity contribution in [3.8, 4) is 0 Å². The van der Waals surface area contributed by atoms with Crippen LogP contribution in [-0.4, -0.2) is 46.8 Å². The van der Waals surface area contributed by atoms with Gasteiger partial charge in [-0.15, -0.1) is 0 Å². The van der Waals surface area contributed by atoms with E-state index in [0.717, 1.165) is 18.4 Å². The summed E-state index contributed by atoms with van der Waals surface area (Å²) in [5, 5.41) is 12.3. The number of carbonyl (C=O) groups is 1. The van der Waals surface area contributed by atoms with Gasteiger partial charge in [-0.3, -0.25) is 0 Å². The van der Waals surface area contributed by atoms with Crippen LogP contribution in [0.15, 0.2) is 18.3 Å². The van der Waals surface area contributed by atoms with Gasteiger partial charge in [-0.1, -0.05) is 17.7 Å². The molecule has 6 heteroatoms. The Morgan fingerprint density at radius 2 is 2.32 bits per heavy atom. The van der Waals surface area contributed by atoms with Crippen molar-refractivity contribution in [2.24, 2.45) is 0 Å². The number of aliphatic hydroxyl groups is 1. The number of carbonyl (C=O) groups excluding carboxylic acids is 1. The van der Waals surface area contributed by atoms with Crippen LogP contribution in [0.5, 0.6) is 0 Å². The monoisotopic (exact) mass is 283 g/mol. The Morgan fingerprint density at radius 3 is 2.89 bits per heavy atom. The standard InChI is InChI=1S/C13H18ClN3O2/c14-12-4-1-10(9-16-12)5-6-15-13(19)17(7-8-18)11-2-3-11/h1,4,9,11,18H,2-3,5-8H2,(H,15,19). The van der Waals surface area contributed by atoms with Crippen LogP contribution >= 0.6 is 11.6 Å². The van der Waals surface area contributed by atoms with Crippen LogP contribution in [0, 0.1) is 0 Å². The number of nitrogens with one attached hydrogen (secondary N) is 1. The largest absolute Gasteiger partial charge is 0.395 e. The number of halogens is 1. The number of aromatic nitrogens is 1. The number of urea groups is 1. The van der Waals surface area contributed by atoms with Gasteiger partial charge in [-0.05, 0) is 30.9 Å². The van der Waals surface area contributed by atoms with Crippen molar-refractivity contribution in [3.63, 3.8) is 0 Å². The predicted octanol–water partition coefficient (Wildman–Crippen LogP) is 1.44. The van der Waals surface area contributed by atoms with E-state index in [1.165, 1.54) is 0 Å². The van der Waals surface area contributed by atoms with Gasteiger partial charge in [-0.25, -0.2) is 9.78 Å². The second kappa shape index (κ2) is 6.73. The van der Waals surface area contributed by atoms with Crippen molar-refractivity contribution >= 4 is 17.6 Å². The number of rotatable bonds is 6. The maximum Gasteiger partial charge on any atom is 0.317 e. The lowest BCUT2D eigenvalue weighted by atomic mass is 10.2. The minimum atomic E-state index is -0.0986. The van der Waals surface area contributed by atoms with E-state index in [0.29, 0.717) is 30.7 Å². The van der Waals surface area contributed by atoms with Crippen molar-refractivity contribution in [2.45, 2.75) is 25.3 Å². The Morgan fingerprint density at radius 1 is 1.53 bits per heavy atom. The van der Waals surface area contributed by atoms with Crippen LogP contribution in [0.4, 0.5) is 4.79 Å². The van der Waals surface area contributed by atoms with Gasteiger partial charge in [0.25, 0.3) is 0 Å². The number of pyridine rings is 1. The minimum Gasteiger partial charge on any atom is -0.395 e. The summed E-state index contributed by atoms with van der Waals surface area (Å²) in [4.78, 5) is 17.6. The molecule has 0 atom stereocenters. The molecule has 1 aromatic rings. The zero-order valence-electron chi connectivity index (χ0n) is 10.7. The maximum absolute atomic E-state index is 11.9. The smallest absolute Gasteiger partial charge is 0.317 e. The molecule has 1 heterocycles. The highest BCUT2D eigenvalue weighted by molar-refractivity contribution is 6.29. The molecule has 2 N–H and O–H groups in total. The van der Waals surface area contributed by atoms with Gasteiger partial charge in [0.1, 0.15) is 5.15 Å². The summed E-state index contributed by atoms with van der Waals surface area (Å²) in [5.74, 6) is 0. The Hall–Kier alpha value is -1.33. The summed E-state index contributed by atoms with van der Waals surface area (Å²) in [5.41, 5.74) is 1.03. The highest BCUT2D eigenvalue weighted by Crippen LogP contribution is 2.26. The highest BCUT2D eigenvalue weighted by Gasteiger charge is 2.31. The van der Waals surface area contributed by atoms with Crippen LogP contribution in [0.1, 0.15) is 18.4 Å². The molecule has 0 aromatic carbocycles. The van der Waals surface area contributed by atoms with Crippen LogP contribution in [0.3, 0.4) is 0 Å². The second-order valence-electron chi connectivity index (χ2n) is 4.62. The summed E-state index contributed by atoms with van der Waals surface area (Å²) in [7, 11) is 0. The highest BCUT2D eigenvalue weighted by atomic mass is 35.5. The molecule has 0 bridgehead atoms. The lowest BCUT2D eigenvalue weighted by Gasteiger charge is -2.21. The average Bonchev–Trinajstić information content (AvgIpc) is 3.22. The van der Waals surface area contributed by atoms with Gasteiger partial charge in [0.2, 0.25) is 0 Å². The molecular formula is C13H18ClN3O2. The Labute approximate surface area is 117 Å². The van der Waals surface area contributed by atoms with Crippen LogP contribution in [0.25, 0.3) is 0 Å². The van der Waals surface area contributed by atoms with Crippen LogP contribution in [0.2, 0.25) is 5.15 Å². The SMILES string of the molecule is O=C(NCCc1ccc(Cl)nc1)N(CCO)C1CC1. The molecule has 19 heavy (non-hydrogen) atoms. The van der Waals surface area contributed by atoms with Gasteiger partial charge >= 0.3 is 6.03 Å². The van der Waals surface area contributed by atoms with Gasteiger partial charge in [0.15, 0.2) is 0 Å². The van der Waals surface area contributed by atoms with Gasteiger partial charge in [-0.2, -0.15) is 0 Å². The van der Waals surface area contributed by atoms with Gasteiger partial charge in [0, 0.05) is 25.3 Å². The first-order valence-electron chi connectivity index (χ1n) is 6.46. The molecule has 1 saturated carbocycles. The zero-order chi connectivity index (χ0) is 13.7. The molecule has 0 unspecified atom stereocenters. The van der Waals surface area contributed by atoms with Gasteiger partial charge < -0.3 is 15.3 Å². The first-order valence-corrected chi connectivity index (χ1v) is 6.84. The third-order valence-corrected chi connectivity index (χ3v) is 3.29. The average molecular weight is 284 g/mol. The van der Waals surface area contributed by atoms with E-state index >= 15 is 0 Å². The Bertz CT molecular complexity index is 420. The lowest BCUT2D eigenvalue weighted by Crippen LogP contribution is -2.43. The molecule has 0 aliphatic heterocycles. The number of aliphatic hydroxyl groups excluding tert-OH is 1. The van der Waals surface area contributed by atoms with Crippen molar-refractivity contribution in [1.29, 1.82) is 0 Å². The lowest BCUT2D eigenvalue weighted by molar-refractivity contribution is 0.174. The number of hydrogen-bond donors (Lipinski definition) is 2. The normalized spacial score (nSPS) is 14.2. The topological polar surface area (TPSA) is 65.5 Å². The first-order chi connectivity index (χ1) is 9.20. The molecule has 1 fully saturated rings. The molecule has 0 saturated heterocycles. The summed E-state index contributed by atoms with van der Waals surface area (Å²) >= 11 is 5.70. The second-order valence-corrected chi connectivity index (χ2v) is 5.01. The molecule has 0 spiro atoms. The molecular weight excluding hydrogens is 266 g/mol. The van der Waals surface area contributed by atoms with Gasteiger partial charge in [0.05, 0.1) is 6.61 Å². The molecule has 104 valence electrons. The van der Waals surface area contributed by atoms with Crippen molar-refractivity contribution in [1.82, 2.24) is 15.2 Å². The molecule has 5 nitrogen and oxygen atoms in total. The van der Waals surface area contributed by atoms with Crippen molar-refractivity contribution in [2.75, 3.05) is 19.7 Å². The van der Waals surface area contributed by atoms with E-state index in [4.69, 9.17) is 16.7 Å². The molecule has 2 amide bonds. The molecule has 1 aromatic heterocycles. The molecule has 2 rings (SSSR count). The number of nitrogens with zero attached hydrogens (tertiary/aromatic N) is 2. The first kappa shape index (κ1) is 14.1. The Balaban J connectivity index is 1.75. The molecule has 1 aliphatic carbocycles.